The van der Waals surface area contributed by atoms with Gasteiger partial charge < -0.3 is 4.90 Å². The molecule has 10 heteroatoms. The second-order valence-corrected chi connectivity index (χ2v) is 9.48. The van der Waals surface area contributed by atoms with Gasteiger partial charge in [0, 0.05) is 35.3 Å². The van der Waals surface area contributed by atoms with Crippen molar-refractivity contribution in [3.63, 3.8) is 0 Å². The number of aromatic nitrogens is 1. The first-order valence-electron chi connectivity index (χ1n) is 8.38. The van der Waals surface area contributed by atoms with E-state index in [9.17, 15) is 13.2 Å². The number of hydrogen-bond acceptors (Lipinski definition) is 6. The Hall–Kier alpha value is -2.49. The summed E-state index contributed by atoms with van der Waals surface area (Å²) in [5.74, 6) is -0.0744. The number of nitrogens with zero attached hydrogens (tertiary/aromatic N) is 3. The van der Waals surface area contributed by atoms with E-state index in [1.165, 1.54) is 17.4 Å². The number of benzene rings is 1. The highest BCUT2D eigenvalue weighted by atomic mass is 35.5. The van der Waals surface area contributed by atoms with Crippen LogP contribution in [-0.4, -0.2) is 42.3 Å². The lowest BCUT2D eigenvalue weighted by Crippen LogP contribution is -2.37. The van der Waals surface area contributed by atoms with Gasteiger partial charge in [-0.05, 0) is 23.8 Å². The third-order valence-corrected chi connectivity index (χ3v) is 6.63. The predicted octanol–water partition coefficient (Wildman–Crippen LogP) is 2.82. The number of thiazole rings is 1. The molecular formula is C18H15ClN4O3S2. The lowest BCUT2D eigenvalue weighted by atomic mass is 10.1. The Bertz CT molecular complexity index is 1140. The summed E-state index contributed by atoms with van der Waals surface area (Å²) in [5, 5.41) is 3.96. The number of amidine groups is 1. The van der Waals surface area contributed by atoms with Crippen molar-refractivity contribution in [3.05, 3.63) is 69.9 Å². The fourth-order valence-corrected chi connectivity index (χ4v) is 4.78. The van der Waals surface area contributed by atoms with Crippen LogP contribution in [0.1, 0.15) is 10.4 Å². The summed E-state index contributed by atoms with van der Waals surface area (Å²) in [6.45, 7) is 0.265. The minimum Gasteiger partial charge on any atom is -0.330 e. The quantitative estimate of drug-likeness (QED) is 0.798. The van der Waals surface area contributed by atoms with Crippen LogP contribution >= 0.6 is 22.9 Å². The van der Waals surface area contributed by atoms with Gasteiger partial charge in [0.05, 0.1) is 11.3 Å². The fourth-order valence-electron chi connectivity index (χ4n) is 2.78. The van der Waals surface area contributed by atoms with Crippen LogP contribution in [0.5, 0.6) is 0 Å². The highest BCUT2D eigenvalue weighted by Crippen LogP contribution is 2.25. The van der Waals surface area contributed by atoms with E-state index in [-0.39, 0.29) is 18.2 Å². The van der Waals surface area contributed by atoms with Gasteiger partial charge >= 0.3 is 0 Å². The number of carbonyl (C=O) groups excluding carboxylic acids is 1. The zero-order chi connectivity index (χ0) is 19.7. The average molecular weight is 435 g/mol. The van der Waals surface area contributed by atoms with Gasteiger partial charge in [0.2, 0.25) is 0 Å². The maximum atomic E-state index is 12.5. The molecule has 28 heavy (non-hydrogen) atoms. The Morgan fingerprint density at radius 1 is 1.29 bits per heavy atom. The van der Waals surface area contributed by atoms with Gasteiger partial charge in [0.1, 0.15) is 5.84 Å². The van der Waals surface area contributed by atoms with Gasteiger partial charge in [-0.1, -0.05) is 29.8 Å². The van der Waals surface area contributed by atoms with Crippen LogP contribution < -0.4 is 5.32 Å². The standard InChI is InChI=1S/C18H15ClN4O3S2/c19-15-4-2-1-3-12(15)9-14-10-20-18(27-14)21-17(24)13-5-6-16-22-28(25,26)8-7-23(16)11-13/h1-6,10-11H,7-9H2,(H,20,21,24). The summed E-state index contributed by atoms with van der Waals surface area (Å²) in [6, 6.07) is 7.60. The summed E-state index contributed by atoms with van der Waals surface area (Å²) in [5.41, 5.74) is 1.40. The Labute approximate surface area is 171 Å². The van der Waals surface area contributed by atoms with Crippen LogP contribution in [0, 0.1) is 0 Å². The first kappa shape index (κ1) is 18.9. The van der Waals surface area contributed by atoms with E-state index in [0.717, 1.165) is 10.4 Å². The van der Waals surface area contributed by atoms with Crippen LogP contribution in [0.2, 0.25) is 5.02 Å². The fraction of sp³-hybridized carbons (Fsp3) is 0.167. The Morgan fingerprint density at radius 3 is 2.93 bits per heavy atom. The molecule has 0 fully saturated rings. The molecule has 0 unspecified atom stereocenters. The minimum absolute atomic E-state index is 0.0758. The topological polar surface area (TPSA) is 91.7 Å². The number of carbonyl (C=O) groups is 1. The summed E-state index contributed by atoms with van der Waals surface area (Å²) in [4.78, 5) is 19.4. The molecule has 1 aromatic heterocycles. The molecule has 4 rings (SSSR count). The first-order chi connectivity index (χ1) is 13.4. The Kier molecular flexibility index (Phi) is 5.05. The van der Waals surface area contributed by atoms with Gasteiger partial charge in [0.15, 0.2) is 5.13 Å². The van der Waals surface area contributed by atoms with Crippen LogP contribution in [0.25, 0.3) is 0 Å². The number of anilines is 1. The smallest absolute Gasteiger partial charge is 0.258 e. The number of rotatable bonds is 4. The van der Waals surface area contributed by atoms with Crippen molar-refractivity contribution in [2.75, 3.05) is 17.6 Å². The molecule has 0 spiro atoms. The van der Waals surface area contributed by atoms with E-state index in [0.29, 0.717) is 28.0 Å². The van der Waals surface area contributed by atoms with Crippen molar-refractivity contribution in [1.29, 1.82) is 0 Å². The van der Waals surface area contributed by atoms with Gasteiger partial charge in [-0.3, -0.25) is 10.1 Å². The summed E-state index contributed by atoms with van der Waals surface area (Å²) in [7, 11) is -3.42. The zero-order valence-corrected chi connectivity index (χ0v) is 16.9. The van der Waals surface area contributed by atoms with Crippen molar-refractivity contribution < 1.29 is 13.2 Å². The first-order valence-corrected chi connectivity index (χ1v) is 11.2. The van der Waals surface area contributed by atoms with Gasteiger partial charge in [0.25, 0.3) is 15.9 Å². The van der Waals surface area contributed by atoms with Gasteiger partial charge in [-0.25, -0.2) is 13.4 Å². The van der Waals surface area contributed by atoms with Gasteiger partial charge in [-0.2, -0.15) is 0 Å². The van der Waals surface area contributed by atoms with E-state index in [1.807, 2.05) is 24.3 Å². The van der Waals surface area contributed by atoms with Crippen LogP contribution in [0.4, 0.5) is 5.13 Å². The molecule has 1 N–H and O–H groups in total. The second-order valence-electron chi connectivity index (χ2n) is 6.20. The monoisotopic (exact) mass is 434 g/mol. The molecule has 2 aliphatic rings. The zero-order valence-electron chi connectivity index (χ0n) is 14.5. The predicted molar refractivity (Wildman–Crippen MR) is 110 cm³/mol. The SMILES string of the molecule is O=C(Nc1ncc(Cc2ccccc2Cl)s1)C1=CN2CCS(=O)(=O)N=C2C=C1. The molecule has 144 valence electrons. The molecule has 0 bridgehead atoms. The molecule has 2 aromatic rings. The van der Waals surface area contributed by atoms with E-state index >= 15 is 0 Å². The van der Waals surface area contributed by atoms with E-state index < -0.39 is 10.0 Å². The number of hydrogen-bond donors (Lipinski definition) is 1. The molecule has 1 amide bonds. The van der Waals surface area contributed by atoms with E-state index in [1.54, 1.807) is 23.4 Å². The molecule has 0 aliphatic carbocycles. The van der Waals surface area contributed by atoms with Crippen LogP contribution in [-0.2, 0) is 21.2 Å². The van der Waals surface area contributed by atoms with Crippen molar-refractivity contribution in [1.82, 2.24) is 9.88 Å². The average Bonchev–Trinajstić information content (AvgIpc) is 3.09. The van der Waals surface area contributed by atoms with Crippen molar-refractivity contribution in [3.8, 4) is 0 Å². The largest absolute Gasteiger partial charge is 0.330 e. The summed E-state index contributed by atoms with van der Waals surface area (Å²) < 4.78 is 26.8. The Morgan fingerprint density at radius 2 is 2.11 bits per heavy atom. The number of amides is 1. The molecule has 7 nitrogen and oxygen atoms in total. The summed E-state index contributed by atoms with van der Waals surface area (Å²) >= 11 is 7.57. The summed E-state index contributed by atoms with van der Waals surface area (Å²) in [6.07, 6.45) is 7.02. The molecule has 0 saturated heterocycles. The molecule has 3 heterocycles. The van der Waals surface area contributed by atoms with Crippen LogP contribution in [0.3, 0.4) is 0 Å². The van der Waals surface area contributed by atoms with Crippen molar-refractivity contribution in [2.45, 2.75) is 6.42 Å². The number of halogens is 1. The molecule has 2 aliphatic heterocycles. The Balaban J connectivity index is 1.44. The lowest BCUT2D eigenvalue weighted by molar-refractivity contribution is -0.112. The molecule has 0 atom stereocenters. The number of sulfonamides is 1. The highest BCUT2D eigenvalue weighted by Gasteiger charge is 2.25. The maximum Gasteiger partial charge on any atom is 0.258 e. The van der Waals surface area contributed by atoms with Crippen molar-refractivity contribution >= 4 is 49.8 Å². The molecule has 0 radical (unpaired) electrons. The number of fused-ring (bicyclic) bond motifs is 1. The van der Waals surface area contributed by atoms with E-state index in [4.69, 9.17) is 11.6 Å². The highest BCUT2D eigenvalue weighted by molar-refractivity contribution is 7.90. The third kappa shape index (κ3) is 4.16. The van der Waals surface area contributed by atoms with Gasteiger partial charge in [-0.15, -0.1) is 15.7 Å². The molecule has 1 aromatic carbocycles. The second kappa shape index (κ2) is 7.50. The van der Waals surface area contributed by atoms with Crippen molar-refractivity contribution in [2.24, 2.45) is 4.40 Å². The molecule has 0 saturated carbocycles. The minimum atomic E-state index is -3.42. The number of nitrogens with one attached hydrogen (secondary N) is 1. The normalized spacial score (nSPS) is 17.5. The lowest BCUT2D eigenvalue weighted by Gasteiger charge is -2.26. The van der Waals surface area contributed by atoms with E-state index in [2.05, 4.69) is 14.7 Å². The third-order valence-electron chi connectivity index (χ3n) is 4.18. The maximum absolute atomic E-state index is 12.5. The molecular weight excluding hydrogens is 420 g/mol. The van der Waals surface area contributed by atoms with Crippen LogP contribution in [0.15, 0.2) is 58.8 Å².